The van der Waals surface area contributed by atoms with E-state index >= 15 is 0 Å². The molecule has 1 aromatic heterocycles. The minimum Gasteiger partial charge on any atom is -0.389 e. The van der Waals surface area contributed by atoms with Crippen molar-refractivity contribution in [2.75, 3.05) is 6.61 Å². The third kappa shape index (κ3) is 2.74. The summed E-state index contributed by atoms with van der Waals surface area (Å²) in [6, 6.07) is 4.14. The molecule has 0 bridgehead atoms. The van der Waals surface area contributed by atoms with Crippen molar-refractivity contribution in [2.45, 2.75) is 70.0 Å². The van der Waals surface area contributed by atoms with Gasteiger partial charge in [0.1, 0.15) is 0 Å². The summed E-state index contributed by atoms with van der Waals surface area (Å²) in [5, 5.41) is 11.1. The average molecular weight is 289 g/mol. The summed E-state index contributed by atoms with van der Waals surface area (Å²) in [6.45, 7) is 5.01. The Bertz CT molecular complexity index is 480. The van der Waals surface area contributed by atoms with Gasteiger partial charge in [-0.3, -0.25) is 4.98 Å². The second kappa shape index (κ2) is 6.05. The van der Waals surface area contributed by atoms with Gasteiger partial charge in [0.15, 0.2) is 0 Å². The minimum absolute atomic E-state index is 0.140. The molecule has 1 aromatic rings. The lowest BCUT2D eigenvalue weighted by Crippen LogP contribution is -2.50. The maximum absolute atomic E-state index is 11.1. The molecular weight excluding hydrogens is 262 g/mol. The van der Waals surface area contributed by atoms with E-state index in [0.29, 0.717) is 6.61 Å². The van der Waals surface area contributed by atoms with Crippen LogP contribution in [0, 0.1) is 5.92 Å². The van der Waals surface area contributed by atoms with Crippen molar-refractivity contribution in [3.8, 4) is 0 Å². The lowest BCUT2D eigenvalue weighted by molar-refractivity contribution is -0.151. The quantitative estimate of drug-likeness (QED) is 0.923. The molecule has 3 heteroatoms. The molecule has 2 atom stereocenters. The number of aliphatic hydroxyl groups is 1. The second-order valence-electron chi connectivity index (χ2n) is 6.82. The van der Waals surface area contributed by atoms with Crippen molar-refractivity contribution in [2.24, 2.45) is 5.92 Å². The number of hydrogen-bond donors (Lipinski definition) is 1. The number of aliphatic hydroxyl groups excluding tert-OH is 1. The van der Waals surface area contributed by atoms with Gasteiger partial charge in [-0.15, -0.1) is 0 Å². The molecule has 1 N–H and O–H groups in total. The topological polar surface area (TPSA) is 42.4 Å². The first kappa shape index (κ1) is 15.0. The largest absolute Gasteiger partial charge is 0.389 e. The van der Waals surface area contributed by atoms with E-state index in [4.69, 9.17) is 4.74 Å². The van der Waals surface area contributed by atoms with Crippen LogP contribution >= 0.6 is 0 Å². The number of rotatable bonds is 4. The van der Waals surface area contributed by atoms with Crippen molar-refractivity contribution >= 4 is 0 Å². The fourth-order valence-electron chi connectivity index (χ4n) is 4.18. The third-order valence-corrected chi connectivity index (χ3v) is 5.47. The Kier molecular flexibility index (Phi) is 4.32. The summed E-state index contributed by atoms with van der Waals surface area (Å²) < 4.78 is 6.13. The van der Waals surface area contributed by atoms with Crippen LogP contribution in [0.3, 0.4) is 0 Å². The molecule has 0 aromatic carbocycles. The lowest BCUT2D eigenvalue weighted by atomic mass is 9.72. The number of aryl methyl sites for hydroxylation is 1. The predicted molar refractivity (Wildman–Crippen MR) is 83.3 cm³/mol. The van der Waals surface area contributed by atoms with Crippen LogP contribution in [0.25, 0.3) is 0 Å². The standard InChI is InChI=1S/C18H27NO2/c1-3-21-18(10-8-13(2)9-11-18)17(20)15-7-6-14-5-4-12-19-16(14)15/h4-5,12-13,15,17,20H,3,6-11H2,1-2H3. The Morgan fingerprint density at radius 3 is 2.86 bits per heavy atom. The van der Waals surface area contributed by atoms with Crippen LogP contribution in [0.1, 0.15) is 63.1 Å². The van der Waals surface area contributed by atoms with E-state index in [1.165, 1.54) is 5.56 Å². The predicted octanol–water partition coefficient (Wildman–Crippen LogP) is 3.46. The van der Waals surface area contributed by atoms with Crippen molar-refractivity contribution in [3.63, 3.8) is 0 Å². The maximum Gasteiger partial charge on any atom is 0.0946 e. The Morgan fingerprint density at radius 1 is 1.38 bits per heavy atom. The van der Waals surface area contributed by atoms with Crippen LogP contribution in [-0.4, -0.2) is 28.4 Å². The Balaban J connectivity index is 1.84. The van der Waals surface area contributed by atoms with Gasteiger partial charge in [0.05, 0.1) is 11.7 Å². The van der Waals surface area contributed by atoms with Crippen LogP contribution in [0.4, 0.5) is 0 Å². The zero-order valence-corrected chi connectivity index (χ0v) is 13.2. The van der Waals surface area contributed by atoms with E-state index in [2.05, 4.69) is 18.0 Å². The molecule has 3 nitrogen and oxygen atoms in total. The SMILES string of the molecule is CCOC1(C(O)C2CCc3cccnc32)CCC(C)CC1. The molecule has 2 unspecified atom stereocenters. The summed E-state index contributed by atoms with van der Waals surface area (Å²) in [4.78, 5) is 4.55. The summed E-state index contributed by atoms with van der Waals surface area (Å²) in [7, 11) is 0. The number of nitrogens with zero attached hydrogens (tertiary/aromatic N) is 1. The molecule has 3 rings (SSSR count). The van der Waals surface area contributed by atoms with Crippen LogP contribution in [0.2, 0.25) is 0 Å². The highest BCUT2D eigenvalue weighted by molar-refractivity contribution is 5.30. The zero-order valence-electron chi connectivity index (χ0n) is 13.2. The molecule has 1 saturated carbocycles. The second-order valence-corrected chi connectivity index (χ2v) is 6.82. The molecule has 2 aliphatic carbocycles. The van der Waals surface area contributed by atoms with Gasteiger partial charge in [-0.05, 0) is 63.0 Å². The van der Waals surface area contributed by atoms with Gasteiger partial charge in [0.2, 0.25) is 0 Å². The average Bonchev–Trinajstić information content (AvgIpc) is 2.93. The van der Waals surface area contributed by atoms with Crippen LogP contribution < -0.4 is 0 Å². The van der Waals surface area contributed by atoms with Crippen LogP contribution in [-0.2, 0) is 11.2 Å². The van der Waals surface area contributed by atoms with E-state index in [0.717, 1.165) is 50.1 Å². The molecule has 2 aliphatic rings. The normalized spacial score (nSPS) is 33.7. The third-order valence-electron chi connectivity index (χ3n) is 5.47. The summed E-state index contributed by atoms with van der Waals surface area (Å²) in [6.07, 6.45) is 7.70. The van der Waals surface area contributed by atoms with Crippen LogP contribution in [0.5, 0.6) is 0 Å². The van der Waals surface area contributed by atoms with E-state index in [1.807, 2.05) is 19.2 Å². The Hall–Kier alpha value is -0.930. The minimum atomic E-state index is -0.430. The van der Waals surface area contributed by atoms with E-state index < -0.39 is 6.10 Å². The number of hydrogen-bond acceptors (Lipinski definition) is 3. The lowest BCUT2D eigenvalue weighted by Gasteiger charge is -2.44. The van der Waals surface area contributed by atoms with Crippen molar-refractivity contribution < 1.29 is 9.84 Å². The molecule has 0 aliphatic heterocycles. The first-order chi connectivity index (χ1) is 10.2. The van der Waals surface area contributed by atoms with Gasteiger partial charge in [-0.1, -0.05) is 13.0 Å². The van der Waals surface area contributed by atoms with Gasteiger partial charge in [0.25, 0.3) is 0 Å². The molecule has 116 valence electrons. The van der Waals surface area contributed by atoms with Gasteiger partial charge < -0.3 is 9.84 Å². The molecule has 21 heavy (non-hydrogen) atoms. The van der Waals surface area contributed by atoms with Gasteiger partial charge in [0, 0.05) is 24.4 Å². The first-order valence-corrected chi connectivity index (χ1v) is 8.42. The van der Waals surface area contributed by atoms with E-state index in [-0.39, 0.29) is 11.5 Å². The molecule has 0 saturated heterocycles. The zero-order chi connectivity index (χ0) is 14.9. The Morgan fingerprint density at radius 2 is 2.14 bits per heavy atom. The monoisotopic (exact) mass is 289 g/mol. The van der Waals surface area contributed by atoms with Crippen molar-refractivity contribution in [3.05, 3.63) is 29.6 Å². The molecule has 0 spiro atoms. The summed E-state index contributed by atoms with van der Waals surface area (Å²) in [5.41, 5.74) is 2.05. The van der Waals surface area contributed by atoms with E-state index in [9.17, 15) is 5.11 Å². The fourth-order valence-corrected chi connectivity index (χ4v) is 4.18. The van der Waals surface area contributed by atoms with Gasteiger partial charge >= 0.3 is 0 Å². The fraction of sp³-hybridized carbons (Fsp3) is 0.722. The van der Waals surface area contributed by atoms with Gasteiger partial charge in [-0.2, -0.15) is 0 Å². The summed E-state index contributed by atoms with van der Waals surface area (Å²) in [5.74, 6) is 0.890. The highest BCUT2D eigenvalue weighted by atomic mass is 16.5. The highest BCUT2D eigenvalue weighted by Gasteiger charge is 2.46. The van der Waals surface area contributed by atoms with Crippen molar-refractivity contribution in [1.29, 1.82) is 0 Å². The maximum atomic E-state index is 11.1. The number of aromatic nitrogens is 1. The molecule has 0 amide bonds. The Labute approximate surface area is 127 Å². The summed E-state index contributed by atoms with van der Waals surface area (Å²) >= 11 is 0. The molecule has 1 fully saturated rings. The molecular formula is C18H27NO2. The van der Waals surface area contributed by atoms with Gasteiger partial charge in [-0.25, -0.2) is 0 Å². The van der Waals surface area contributed by atoms with E-state index in [1.54, 1.807) is 0 Å². The van der Waals surface area contributed by atoms with Crippen LogP contribution in [0.15, 0.2) is 18.3 Å². The smallest absolute Gasteiger partial charge is 0.0946 e. The molecule has 0 radical (unpaired) electrons. The number of pyridine rings is 1. The number of fused-ring (bicyclic) bond motifs is 1. The number of ether oxygens (including phenoxy) is 1. The highest BCUT2D eigenvalue weighted by Crippen LogP contribution is 2.45. The molecule has 1 heterocycles. The van der Waals surface area contributed by atoms with Crippen molar-refractivity contribution in [1.82, 2.24) is 4.98 Å². The first-order valence-electron chi connectivity index (χ1n) is 8.42.